The number of aliphatic hydroxyl groups excluding tert-OH is 1. The Bertz CT molecular complexity index is 988. The third-order valence-corrected chi connectivity index (χ3v) is 6.48. The minimum Gasteiger partial charge on any atom is -0.493 e. The van der Waals surface area contributed by atoms with Crippen molar-refractivity contribution in [3.05, 3.63) is 50.1 Å². The highest BCUT2D eigenvalue weighted by molar-refractivity contribution is 14.1. The largest absolute Gasteiger partial charge is 0.493 e. The summed E-state index contributed by atoms with van der Waals surface area (Å²) >= 11 is 2.09. The molecule has 0 fully saturated rings. The van der Waals surface area contributed by atoms with Gasteiger partial charge in [-0.05, 0) is 83.8 Å². The number of carbonyl (C=O) groups excluding carboxylic acids is 1. The molecule has 34 heavy (non-hydrogen) atoms. The van der Waals surface area contributed by atoms with E-state index in [1.165, 1.54) is 11.1 Å². The van der Waals surface area contributed by atoms with Gasteiger partial charge >= 0.3 is 0 Å². The number of benzene rings is 2. The molecule has 0 atom stereocenters. The Morgan fingerprint density at radius 1 is 1.15 bits per heavy atom. The lowest BCUT2D eigenvalue weighted by molar-refractivity contribution is 0.0947. The van der Waals surface area contributed by atoms with Crippen molar-refractivity contribution in [2.24, 2.45) is 0 Å². The van der Waals surface area contributed by atoms with E-state index >= 15 is 0 Å². The highest BCUT2D eigenvalue weighted by Crippen LogP contribution is 2.33. The van der Waals surface area contributed by atoms with E-state index in [1.807, 2.05) is 0 Å². The Morgan fingerprint density at radius 2 is 1.88 bits per heavy atom. The molecule has 3 rings (SSSR count). The van der Waals surface area contributed by atoms with Crippen LogP contribution in [0.15, 0.2) is 24.3 Å². The second-order valence-electron chi connectivity index (χ2n) is 8.10. The fourth-order valence-corrected chi connectivity index (χ4v) is 4.82. The molecule has 0 aromatic heterocycles. The van der Waals surface area contributed by atoms with Gasteiger partial charge in [0.15, 0.2) is 11.5 Å². The molecule has 0 saturated heterocycles. The van der Waals surface area contributed by atoms with Crippen molar-refractivity contribution >= 4 is 28.5 Å². The number of carbonyl (C=O) groups is 1. The SMILES string of the molecule is COc1cc2c(cc1OC)CN(CCCCNC(=O)c1cc(I)cc(CO)c1OCC[18F])CC2. The van der Waals surface area contributed by atoms with E-state index in [1.54, 1.807) is 26.4 Å². The van der Waals surface area contributed by atoms with Crippen molar-refractivity contribution in [2.75, 3.05) is 47.1 Å². The first-order valence-corrected chi connectivity index (χ1v) is 12.4. The Kier molecular flexibility index (Phi) is 10.2. The van der Waals surface area contributed by atoms with Crippen molar-refractivity contribution in [1.82, 2.24) is 10.2 Å². The van der Waals surface area contributed by atoms with Crippen LogP contribution in [0.5, 0.6) is 17.2 Å². The second kappa shape index (κ2) is 13.1. The van der Waals surface area contributed by atoms with E-state index in [4.69, 9.17) is 14.2 Å². The number of fused-ring (bicyclic) bond motifs is 1. The average molecular weight is 585 g/mol. The monoisotopic (exact) mass is 585 g/mol. The summed E-state index contributed by atoms with van der Waals surface area (Å²) in [5.74, 6) is 1.48. The number of methoxy groups -OCH3 is 2. The summed E-state index contributed by atoms with van der Waals surface area (Å²) in [5.41, 5.74) is 3.36. The van der Waals surface area contributed by atoms with E-state index < -0.39 is 6.67 Å². The molecule has 0 spiro atoms. The predicted octanol–water partition coefficient (Wildman–Crippen LogP) is 3.72. The lowest BCUT2D eigenvalue weighted by Gasteiger charge is -2.29. The Balaban J connectivity index is 1.49. The van der Waals surface area contributed by atoms with Gasteiger partial charge in [0, 0.05) is 28.8 Å². The first-order chi connectivity index (χ1) is 16.5. The zero-order valence-electron chi connectivity index (χ0n) is 19.7. The molecule has 7 nitrogen and oxygen atoms in total. The minimum atomic E-state index is -0.667. The van der Waals surface area contributed by atoms with Crippen LogP contribution >= 0.6 is 22.6 Å². The molecule has 2 N–H and O–H groups in total. The first-order valence-electron chi connectivity index (χ1n) is 11.4. The molecule has 9 heteroatoms. The number of ether oxygens (including phenoxy) is 3. The molecule has 1 heterocycles. The van der Waals surface area contributed by atoms with Crippen molar-refractivity contribution in [2.45, 2.75) is 32.4 Å². The summed E-state index contributed by atoms with van der Waals surface area (Å²) in [7, 11) is 3.30. The number of nitrogens with zero attached hydrogens (tertiary/aromatic N) is 1. The predicted molar refractivity (Wildman–Crippen MR) is 137 cm³/mol. The highest BCUT2D eigenvalue weighted by atomic mass is 127. The number of halogens is 2. The van der Waals surface area contributed by atoms with Crippen LogP contribution in [0.2, 0.25) is 0 Å². The second-order valence-corrected chi connectivity index (χ2v) is 9.35. The van der Waals surface area contributed by atoms with Gasteiger partial charge in [0.25, 0.3) is 5.91 Å². The third-order valence-electron chi connectivity index (χ3n) is 5.85. The van der Waals surface area contributed by atoms with E-state index in [0.29, 0.717) is 17.7 Å². The Labute approximate surface area is 213 Å². The van der Waals surface area contributed by atoms with Crippen LogP contribution in [0.1, 0.15) is 39.9 Å². The van der Waals surface area contributed by atoms with Gasteiger partial charge in [-0.25, -0.2) is 4.39 Å². The summed E-state index contributed by atoms with van der Waals surface area (Å²) in [6, 6.07) is 7.55. The average Bonchev–Trinajstić information content (AvgIpc) is 2.85. The standard InChI is InChI=1S/C25H32FIN2O5/c1-32-22-12-17-5-9-29(15-18(17)13-23(22)33-2)8-4-3-7-28-25(31)21-14-20(27)11-19(16-30)24(21)34-10-6-26/h11-14,30H,3-10,15-16H2,1-2H3,(H,28,31)/i26-1. The molecule has 2 aromatic rings. The summed E-state index contributed by atoms with van der Waals surface area (Å²) in [4.78, 5) is 15.2. The lowest BCUT2D eigenvalue weighted by Crippen LogP contribution is -2.32. The summed E-state index contributed by atoms with van der Waals surface area (Å²) in [6.07, 6.45) is 2.74. The van der Waals surface area contributed by atoms with Crippen LogP contribution in [0.3, 0.4) is 0 Å². The molecule has 0 radical (unpaired) electrons. The van der Waals surface area contributed by atoms with Gasteiger partial charge < -0.3 is 24.6 Å². The molecule has 0 aliphatic carbocycles. The van der Waals surface area contributed by atoms with Gasteiger partial charge in [-0.1, -0.05) is 0 Å². The molecule has 1 aliphatic rings. The molecule has 186 valence electrons. The number of alkyl halides is 1. The maximum atomic E-state index is 12.8. The molecular formula is C25H32FIN2O5. The molecule has 0 saturated carbocycles. The number of rotatable bonds is 12. The van der Waals surface area contributed by atoms with Gasteiger partial charge in [-0.3, -0.25) is 9.69 Å². The number of amides is 1. The number of hydrogen-bond acceptors (Lipinski definition) is 6. The van der Waals surface area contributed by atoms with Gasteiger partial charge in [0.05, 0.1) is 26.4 Å². The summed E-state index contributed by atoms with van der Waals surface area (Å²) in [6.45, 7) is 2.20. The van der Waals surface area contributed by atoms with Crippen LogP contribution < -0.4 is 19.5 Å². The first kappa shape index (κ1) is 26.5. The van der Waals surface area contributed by atoms with Crippen molar-refractivity contribution in [3.8, 4) is 17.2 Å². The lowest BCUT2D eigenvalue weighted by atomic mass is 9.98. The van der Waals surface area contributed by atoms with Crippen molar-refractivity contribution in [1.29, 1.82) is 0 Å². The molecular weight excluding hydrogens is 553 g/mol. The molecule has 1 aliphatic heterocycles. The quantitative estimate of drug-likeness (QED) is 0.292. The van der Waals surface area contributed by atoms with Gasteiger partial charge in [-0.2, -0.15) is 0 Å². The van der Waals surface area contributed by atoms with Gasteiger partial charge in [0.2, 0.25) is 0 Å². The molecule has 0 bridgehead atoms. The zero-order valence-corrected chi connectivity index (χ0v) is 21.8. The topological polar surface area (TPSA) is 80.3 Å². The van der Waals surface area contributed by atoms with Crippen LogP contribution in [0, 0.1) is 3.57 Å². The third kappa shape index (κ3) is 6.73. The van der Waals surface area contributed by atoms with E-state index in [0.717, 1.165) is 54.0 Å². The molecule has 2 aromatic carbocycles. The summed E-state index contributed by atoms with van der Waals surface area (Å²) < 4.78 is 29.7. The maximum Gasteiger partial charge on any atom is 0.255 e. The van der Waals surface area contributed by atoms with Crippen molar-refractivity contribution in [3.63, 3.8) is 0 Å². The number of aliphatic hydroxyl groups is 1. The molecule has 0 unspecified atom stereocenters. The van der Waals surface area contributed by atoms with Crippen LogP contribution in [-0.2, 0) is 19.6 Å². The van der Waals surface area contributed by atoms with E-state index in [9.17, 15) is 14.3 Å². The van der Waals surface area contributed by atoms with Crippen LogP contribution in [0.4, 0.5) is 4.39 Å². The molecule has 1 amide bonds. The van der Waals surface area contributed by atoms with Crippen molar-refractivity contribution < 1.29 is 28.5 Å². The van der Waals surface area contributed by atoms with Crippen LogP contribution in [-0.4, -0.2) is 63.0 Å². The Morgan fingerprint density at radius 3 is 2.56 bits per heavy atom. The highest BCUT2D eigenvalue weighted by Gasteiger charge is 2.20. The zero-order chi connectivity index (χ0) is 24.5. The smallest absolute Gasteiger partial charge is 0.255 e. The number of unbranched alkanes of at least 4 members (excludes halogenated alkanes) is 1. The van der Waals surface area contributed by atoms with E-state index in [-0.39, 0.29) is 24.9 Å². The number of hydrogen-bond donors (Lipinski definition) is 2. The normalized spacial score (nSPS) is 13.3. The summed E-state index contributed by atoms with van der Waals surface area (Å²) in [5, 5.41) is 12.5. The van der Waals surface area contributed by atoms with Crippen LogP contribution in [0.25, 0.3) is 0 Å². The van der Waals surface area contributed by atoms with Gasteiger partial charge in [-0.15, -0.1) is 0 Å². The maximum absolute atomic E-state index is 12.8. The fraction of sp³-hybridized carbons (Fsp3) is 0.480. The van der Waals surface area contributed by atoms with Gasteiger partial charge in [0.1, 0.15) is 19.0 Å². The Hall–Kier alpha value is -2.11. The fourth-order valence-electron chi connectivity index (χ4n) is 4.14. The minimum absolute atomic E-state index is 0.161. The van der Waals surface area contributed by atoms with E-state index in [2.05, 4.69) is 44.9 Å². The number of nitrogens with one attached hydrogen (secondary N) is 1.